The number of aromatic nitrogens is 3. The molecule has 0 aliphatic heterocycles. The summed E-state index contributed by atoms with van der Waals surface area (Å²) in [6.07, 6.45) is 1.53. The first-order chi connectivity index (χ1) is 12.7. The fraction of sp³-hybridized carbons (Fsp3) is 0.105. The summed E-state index contributed by atoms with van der Waals surface area (Å²) in [6.45, 7) is 2.10. The fourth-order valence-electron chi connectivity index (χ4n) is 2.51. The first kappa shape index (κ1) is 15.9. The van der Waals surface area contributed by atoms with Crippen molar-refractivity contribution in [2.75, 3.05) is 0 Å². The average Bonchev–Trinajstić information content (AvgIpc) is 3.40. The molecule has 0 atom stereocenters. The average molecular weight is 348 g/mol. The molecule has 0 fully saturated rings. The van der Waals surface area contributed by atoms with Gasteiger partial charge in [0.15, 0.2) is 11.5 Å². The Balaban J connectivity index is 1.40. The number of carbonyl (C=O) groups is 1. The Kier molecular flexibility index (Phi) is 4.10. The molecule has 4 rings (SSSR count). The highest BCUT2D eigenvalue weighted by atomic mass is 16.3. The lowest BCUT2D eigenvalue weighted by atomic mass is 10.2. The van der Waals surface area contributed by atoms with E-state index in [2.05, 4.69) is 20.5 Å². The predicted molar refractivity (Wildman–Crippen MR) is 94.1 cm³/mol. The van der Waals surface area contributed by atoms with Gasteiger partial charge in [-0.05, 0) is 31.2 Å². The van der Waals surface area contributed by atoms with Gasteiger partial charge in [-0.1, -0.05) is 18.2 Å². The van der Waals surface area contributed by atoms with Crippen molar-refractivity contribution in [3.05, 3.63) is 71.9 Å². The van der Waals surface area contributed by atoms with E-state index in [1.165, 1.54) is 6.26 Å². The minimum atomic E-state index is -0.306. The van der Waals surface area contributed by atoms with Crippen molar-refractivity contribution in [1.29, 1.82) is 0 Å². The topological polar surface area (TPSA) is 97.0 Å². The van der Waals surface area contributed by atoms with E-state index < -0.39 is 0 Å². The molecule has 0 aliphatic rings. The molecule has 0 spiro atoms. The maximum atomic E-state index is 12.3. The second-order valence-electron chi connectivity index (χ2n) is 5.77. The molecule has 0 bridgehead atoms. The van der Waals surface area contributed by atoms with Crippen molar-refractivity contribution in [3.8, 4) is 22.9 Å². The van der Waals surface area contributed by atoms with Crippen molar-refractivity contribution >= 4 is 5.91 Å². The van der Waals surface area contributed by atoms with Crippen molar-refractivity contribution in [2.45, 2.75) is 13.5 Å². The lowest BCUT2D eigenvalue weighted by Gasteiger charge is -1.98. The van der Waals surface area contributed by atoms with Crippen LogP contribution < -0.4 is 5.32 Å². The maximum absolute atomic E-state index is 12.3. The number of carbonyl (C=O) groups excluding carboxylic acids is 1. The molecule has 0 radical (unpaired) electrons. The number of oxazole rings is 1. The Bertz CT molecular complexity index is 1030. The summed E-state index contributed by atoms with van der Waals surface area (Å²) in [6, 6.07) is 14.9. The Morgan fingerprint density at radius 3 is 2.81 bits per heavy atom. The number of aromatic amines is 1. The van der Waals surface area contributed by atoms with Crippen LogP contribution in [0.15, 0.2) is 63.6 Å². The molecule has 0 saturated heterocycles. The SMILES string of the molecule is Cc1ccc(-c2cc(C(=O)NCc3coc(-c4ccccc4)n3)n[nH]2)o1. The molecule has 1 aromatic carbocycles. The van der Waals surface area contributed by atoms with Gasteiger partial charge in [-0.25, -0.2) is 4.98 Å². The quantitative estimate of drug-likeness (QED) is 0.575. The van der Waals surface area contributed by atoms with Crippen LogP contribution in [-0.2, 0) is 6.54 Å². The number of rotatable bonds is 5. The first-order valence-electron chi connectivity index (χ1n) is 8.09. The van der Waals surface area contributed by atoms with Gasteiger partial charge in [-0.3, -0.25) is 9.89 Å². The van der Waals surface area contributed by atoms with Crippen LogP contribution in [0.1, 0.15) is 21.9 Å². The molecule has 0 saturated carbocycles. The number of amides is 1. The normalized spacial score (nSPS) is 10.8. The Hall–Kier alpha value is -3.61. The number of nitrogens with zero attached hydrogens (tertiary/aromatic N) is 2. The highest BCUT2D eigenvalue weighted by Crippen LogP contribution is 2.20. The zero-order valence-electron chi connectivity index (χ0n) is 14.0. The largest absolute Gasteiger partial charge is 0.460 e. The predicted octanol–water partition coefficient (Wildman–Crippen LogP) is 3.56. The number of nitrogens with one attached hydrogen (secondary N) is 2. The summed E-state index contributed by atoms with van der Waals surface area (Å²) in [5.41, 5.74) is 2.45. The van der Waals surface area contributed by atoms with Crippen LogP contribution in [0.3, 0.4) is 0 Å². The van der Waals surface area contributed by atoms with Crippen molar-refractivity contribution in [2.24, 2.45) is 0 Å². The molecular weight excluding hydrogens is 332 g/mol. The number of aryl methyl sites for hydroxylation is 1. The van der Waals surface area contributed by atoms with Crippen LogP contribution in [0.25, 0.3) is 22.9 Å². The van der Waals surface area contributed by atoms with Gasteiger partial charge < -0.3 is 14.2 Å². The zero-order valence-corrected chi connectivity index (χ0v) is 14.0. The minimum Gasteiger partial charge on any atom is -0.460 e. The molecule has 4 aromatic rings. The highest BCUT2D eigenvalue weighted by molar-refractivity contribution is 5.93. The van der Waals surface area contributed by atoms with Crippen LogP contribution in [0.5, 0.6) is 0 Å². The summed E-state index contributed by atoms with van der Waals surface area (Å²) in [5.74, 6) is 1.64. The number of H-pyrrole nitrogens is 1. The minimum absolute atomic E-state index is 0.247. The molecule has 7 nitrogen and oxygen atoms in total. The fourth-order valence-corrected chi connectivity index (χ4v) is 2.51. The van der Waals surface area contributed by atoms with Crippen LogP contribution in [0.2, 0.25) is 0 Å². The number of furan rings is 1. The summed E-state index contributed by atoms with van der Waals surface area (Å²) < 4.78 is 11.0. The van der Waals surface area contributed by atoms with Gasteiger partial charge in [-0.15, -0.1) is 0 Å². The third-order valence-electron chi connectivity index (χ3n) is 3.82. The van der Waals surface area contributed by atoms with Gasteiger partial charge in [0, 0.05) is 11.6 Å². The van der Waals surface area contributed by atoms with Crippen LogP contribution in [0, 0.1) is 6.92 Å². The van der Waals surface area contributed by atoms with E-state index in [0.717, 1.165) is 11.3 Å². The summed E-state index contributed by atoms with van der Waals surface area (Å²) >= 11 is 0. The van der Waals surface area contributed by atoms with Gasteiger partial charge in [-0.2, -0.15) is 5.10 Å². The van der Waals surface area contributed by atoms with Gasteiger partial charge in [0.05, 0.1) is 12.2 Å². The molecule has 0 unspecified atom stereocenters. The van der Waals surface area contributed by atoms with Crippen molar-refractivity contribution in [3.63, 3.8) is 0 Å². The smallest absolute Gasteiger partial charge is 0.272 e. The van der Waals surface area contributed by atoms with Gasteiger partial charge in [0.25, 0.3) is 5.91 Å². The van der Waals surface area contributed by atoms with E-state index in [1.54, 1.807) is 6.07 Å². The second kappa shape index (κ2) is 6.72. The van der Waals surface area contributed by atoms with Crippen molar-refractivity contribution in [1.82, 2.24) is 20.5 Å². The third-order valence-corrected chi connectivity index (χ3v) is 3.82. The zero-order chi connectivity index (χ0) is 17.9. The Morgan fingerprint density at radius 2 is 2.04 bits per heavy atom. The molecule has 26 heavy (non-hydrogen) atoms. The van der Waals surface area contributed by atoms with Gasteiger partial charge in [0.1, 0.15) is 17.7 Å². The molecule has 130 valence electrons. The molecular formula is C19H16N4O3. The maximum Gasteiger partial charge on any atom is 0.272 e. The summed E-state index contributed by atoms with van der Waals surface area (Å²) in [5, 5.41) is 9.60. The monoisotopic (exact) mass is 348 g/mol. The first-order valence-corrected chi connectivity index (χ1v) is 8.09. The molecule has 1 amide bonds. The van der Waals surface area contributed by atoms with E-state index in [4.69, 9.17) is 8.83 Å². The lowest BCUT2D eigenvalue weighted by Crippen LogP contribution is -2.23. The number of hydrogen-bond acceptors (Lipinski definition) is 5. The molecule has 3 aromatic heterocycles. The van der Waals surface area contributed by atoms with E-state index in [0.29, 0.717) is 23.0 Å². The Morgan fingerprint density at radius 1 is 1.19 bits per heavy atom. The number of benzene rings is 1. The summed E-state index contributed by atoms with van der Waals surface area (Å²) in [7, 11) is 0. The molecule has 0 aliphatic carbocycles. The standard InChI is InChI=1S/C19H16N4O3/c1-12-7-8-17(26-12)15-9-16(23-22-15)18(24)20-10-14-11-25-19(21-14)13-5-3-2-4-6-13/h2-9,11H,10H2,1H3,(H,20,24)(H,22,23). The van der Waals surface area contributed by atoms with Gasteiger partial charge >= 0.3 is 0 Å². The van der Waals surface area contributed by atoms with E-state index in [1.807, 2.05) is 49.4 Å². The molecule has 2 N–H and O–H groups in total. The van der Waals surface area contributed by atoms with E-state index >= 15 is 0 Å². The third kappa shape index (κ3) is 3.27. The van der Waals surface area contributed by atoms with E-state index in [-0.39, 0.29) is 18.1 Å². The lowest BCUT2D eigenvalue weighted by molar-refractivity contribution is 0.0945. The summed E-state index contributed by atoms with van der Waals surface area (Å²) in [4.78, 5) is 16.6. The van der Waals surface area contributed by atoms with Crippen LogP contribution in [0.4, 0.5) is 0 Å². The molecule has 3 heterocycles. The van der Waals surface area contributed by atoms with Crippen LogP contribution in [-0.4, -0.2) is 21.1 Å². The van der Waals surface area contributed by atoms with Crippen LogP contribution >= 0.6 is 0 Å². The second-order valence-corrected chi connectivity index (χ2v) is 5.77. The highest BCUT2D eigenvalue weighted by Gasteiger charge is 2.14. The van der Waals surface area contributed by atoms with E-state index in [9.17, 15) is 4.79 Å². The molecule has 7 heteroatoms. The van der Waals surface area contributed by atoms with Crippen molar-refractivity contribution < 1.29 is 13.6 Å². The van der Waals surface area contributed by atoms with Gasteiger partial charge in [0.2, 0.25) is 5.89 Å². The number of hydrogen-bond donors (Lipinski definition) is 2. The Labute approximate surface area is 149 Å².